The fourth-order valence-corrected chi connectivity index (χ4v) is 4.23. The predicted molar refractivity (Wildman–Crippen MR) is 137 cm³/mol. The average Bonchev–Trinajstić information content (AvgIpc) is 3.22. The Morgan fingerprint density at radius 3 is 2.67 bits per heavy atom. The molecule has 0 spiro atoms. The van der Waals surface area contributed by atoms with E-state index in [1.165, 1.54) is 4.88 Å². The SMILES string of the molecule is CCNC(=NCc1ccc(N2CC(C)OC(C)C2)nc1)N(C)CCc1cccs1.I. The normalized spacial score (nSPS) is 19.3. The van der Waals surface area contributed by atoms with Gasteiger partial charge in [-0.05, 0) is 50.3 Å². The Morgan fingerprint density at radius 2 is 2.07 bits per heavy atom. The van der Waals surface area contributed by atoms with Crippen LogP contribution in [0.5, 0.6) is 0 Å². The van der Waals surface area contributed by atoms with Crippen LogP contribution in [-0.2, 0) is 17.7 Å². The maximum Gasteiger partial charge on any atom is 0.193 e. The van der Waals surface area contributed by atoms with Gasteiger partial charge >= 0.3 is 0 Å². The van der Waals surface area contributed by atoms with Crippen molar-refractivity contribution < 1.29 is 4.74 Å². The minimum Gasteiger partial charge on any atom is -0.372 e. The van der Waals surface area contributed by atoms with Gasteiger partial charge in [0.25, 0.3) is 0 Å². The second-order valence-electron chi connectivity index (χ2n) is 7.61. The van der Waals surface area contributed by atoms with E-state index < -0.39 is 0 Å². The van der Waals surface area contributed by atoms with E-state index in [0.29, 0.717) is 6.54 Å². The number of hydrogen-bond donors (Lipinski definition) is 1. The molecule has 2 unspecified atom stereocenters. The molecule has 3 rings (SSSR count). The molecule has 0 radical (unpaired) electrons. The van der Waals surface area contributed by atoms with Crippen LogP contribution in [0.2, 0.25) is 0 Å². The van der Waals surface area contributed by atoms with Crippen LogP contribution >= 0.6 is 35.3 Å². The Bertz CT molecular complexity index is 758. The highest BCUT2D eigenvalue weighted by atomic mass is 127. The number of hydrogen-bond acceptors (Lipinski definition) is 5. The van der Waals surface area contributed by atoms with Crippen LogP contribution in [0.3, 0.4) is 0 Å². The molecule has 3 heterocycles. The Labute approximate surface area is 201 Å². The maximum atomic E-state index is 5.82. The fourth-order valence-electron chi connectivity index (χ4n) is 3.54. The van der Waals surface area contributed by atoms with Crippen LogP contribution in [0.1, 0.15) is 31.2 Å². The van der Waals surface area contributed by atoms with Crippen molar-refractivity contribution >= 4 is 47.1 Å². The van der Waals surface area contributed by atoms with Crippen LogP contribution in [0.4, 0.5) is 5.82 Å². The molecule has 30 heavy (non-hydrogen) atoms. The number of thiophene rings is 1. The number of aliphatic imine (C=N–C) groups is 1. The zero-order valence-electron chi connectivity index (χ0n) is 18.4. The second kappa shape index (κ2) is 12.5. The summed E-state index contributed by atoms with van der Waals surface area (Å²) in [6.45, 7) is 10.5. The molecule has 0 bridgehead atoms. The van der Waals surface area contributed by atoms with Crippen LogP contribution < -0.4 is 10.2 Å². The molecule has 0 amide bonds. The summed E-state index contributed by atoms with van der Waals surface area (Å²) in [5.41, 5.74) is 1.12. The van der Waals surface area contributed by atoms with E-state index >= 15 is 0 Å². The highest BCUT2D eigenvalue weighted by Gasteiger charge is 2.22. The van der Waals surface area contributed by atoms with E-state index in [9.17, 15) is 0 Å². The van der Waals surface area contributed by atoms with Crippen molar-refractivity contribution in [1.82, 2.24) is 15.2 Å². The van der Waals surface area contributed by atoms with Crippen molar-refractivity contribution in [3.05, 3.63) is 46.3 Å². The number of nitrogens with one attached hydrogen (secondary N) is 1. The molecule has 1 saturated heterocycles. The van der Waals surface area contributed by atoms with Gasteiger partial charge in [0, 0.05) is 44.3 Å². The van der Waals surface area contributed by atoms with Crippen molar-refractivity contribution in [1.29, 1.82) is 0 Å². The molecule has 1 aliphatic heterocycles. The molecule has 2 atom stereocenters. The van der Waals surface area contributed by atoms with Crippen LogP contribution in [0.15, 0.2) is 40.8 Å². The third-order valence-corrected chi connectivity index (χ3v) is 5.87. The standard InChI is InChI=1S/C22H33N5OS.HI/c1-5-23-22(26(4)11-10-20-7-6-12-29-20)25-14-19-8-9-21(24-13-19)27-15-17(2)28-18(3)16-27;/h6-9,12-13,17-18H,5,10-11,14-16H2,1-4H3,(H,23,25);1H. The predicted octanol–water partition coefficient (Wildman–Crippen LogP) is 4.01. The first-order chi connectivity index (χ1) is 14.0. The van der Waals surface area contributed by atoms with E-state index in [4.69, 9.17) is 9.73 Å². The van der Waals surface area contributed by atoms with Crippen molar-refractivity contribution in [2.45, 2.75) is 45.9 Å². The molecule has 8 heteroatoms. The molecule has 0 saturated carbocycles. The van der Waals surface area contributed by atoms with Gasteiger partial charge in [0.2, 0.25) is 0 Å². The average molecular weight is 544 g/mol. The Kier molecular flexibility index (Phi) is 10.3. The molecule has 0 aliphatic carbocycles. The second-order valence-corrected chi connectivity index (χ2v) is 8.64. The number of pyridine rings is 1. The molecule has 0 aromatic carbocycles. The lowest BCUT2D eigenvalue weighted by Gasteiger charge is -2.36. The van der Waals surface area contributed by atoms with Gasteiger partial charge in [0.05, 0.1) is 18.8 Å². The van der Waals surface area contributed by atoms with E-state index in [2.05, 4.69) is 77.6 Å². The number of aromatic nitrogens is 1. The van der Waals surface area contributed by atoms with Gasteiger partial charge in [-0.25, -0.2) is 9.98 Å². The number of halogens is 1. The van der Waals surface area contributed by atoms with Crippen LogP contribution in [0.25, 0.3) is 0 Å². The molecule has 2 aromatic rings. The summed E-state index contributed by atoms with van der Waals surface area (Å²) in [6.07, 6.45) is 3.44. The lowest BCUT2D eigenvalue weighted by atomic mass is 10.2. The molecular formula is C22H34IN5OS. The monoisotopic (exact) mass is 543 g/mol. The first-order valence-corrected chi connectivity index (χ1v) is 11.3. The molecular weight excluding hydrogens is 509 g/mol. The molecule has 6 nitrogen and oxygen atoms in total. The summed E-state index contributed by atoms with van der Waals surface area (Å²) >= 11 is 1.81. The molecule has 2 aromatic heterocycles. The van der Waals surface area contributed by atoms with Crippen LogP contribution in [0, 0.1) is 0 Å². The van der Waals surface area contributed by atoms with Crippen LogP contribution in [-0.4, -0.2) is 61.3 Å². The summed E-state index contributed by atoms with van der Waals surface area (Å²) in [5, 5.41) is 5.52. The van der Waals surface area contributed by atoms with Gasteiger partial charge in [-0.1, -0.05) is 12.1 Å². The van der Waals surface area contributed by atoms with E-state index in [1.54, 1.807) is 11.3 Å². The molecule has 1 N–H and O–H groups in total. The Balaban J connectivity index is 0.00000320. The zero-order chi connectivity index (χ0) is 20.6. The number of ether oxygens (including phenoxy) is 1. The van der Waals surface area contributed by atoms with Gasteiger partial charge in [0.15, 0.2) is 5.96 Å². The Morgan fingerprint density at radius 1 is 1.30 bits per heavy atom. The summed E-state index contributed by atoms with van der Waals surface area (Å²) in [7, 11) is 2.09. The van der Waals surface area contributed by atoms with E-state index in [-0.39, 0.29) is 36.2 Å². The number of anilines is 1. The number of likely N-dealkylation sites (N-methyl/N-ethyl adjacent to an activating group) is 1. The third kappa shape index (κ3) is 7.39. The first kappa shape index (κ1) is 24.9. The minimum atomic E-state index is 0. The minimum absolute atomic E-state index is 0. The highest BCUT2D eigenvalue weighted by molar-refractivity contribution is 14.0. The quantitative estimate of drug-likeness (QED) is 0.325. The summed E-state index contributed by atoms with van der Waals surface area (Å²) in [4.78, 5) is 15.4. The van der Waals surface area contributed by atoms with Gasteiger partial charge in [-0.3, -0.25) is 0 Å². The van der Waals surface area contributed by atoms with Crippen molar-refractivity contribution in [3.63, 3.8) is 0 Å². The summed E-state index contributed by atoms with van der Waals surface area (Å²) in [5.74, 6) is 1.95. The highest BCUT2D eigenvalue weighted by Crippen LogP contribution is 2.18. The Hall–Kier alpha value is -1.39. The number of nitrogens with zero attached hydrogens (tertiary/aromatic N) is 4. The lowest BCUT2D eigenvalue weighted by molar-refractivity contribution is -0.00545. The van der Waals surface area contributed by atoms with Gasteiger partial charge in [-0.15, -0.1) is 35.3 Å². The topological polar surface area (TPSA) is 53.0 Å². The molecule has 1 aliphatic rings. The van der Waals surface area contributed by atoms with Gasteiger partial charge in [-0.2, -0.15) is 0 Å². The van der Waals surface area contributed by atoms with Gasteiger partial charge < -0.3 is 19.9 Å². The number of guanidine groups is 1. The molecule has 166 valence electrons. The van der Waals surface area contributed by atoms with Gasteiger partial charge in [0.1, 0.15) is 5.82 Å². The lowest BCUT2D eigenvalue weighted by Crippen LogP contribution is -2.45. The third-order valence-electron chi connectivity index (χ3n) is 4.93. The van der Waals surface area contributed by atoms with E-state index in [1.807, 2.05) is 6.20 Å². The number of rotatable bonds is 7. The summed E-state index contributed by atoms with van der Waals surface area (Å²) in [6, 6.07) is 8.52. The smallest absolute Gasteiger partial charge is 0.193 e. The summed E-state index contributed by atoms with van der Waals surface area (Å²) < 4.78 is 5.82. The molecule has 1 fully saturated rings. The van der Waals surface area contributed by atoms with E-state index in [0.717, 1.165) is 49.9 Å². The fraction of sp³-hybridized carbons (Fsp3) is 0.545. The van der Waals surface area contributed by atoms with Crippen molar-refractivity contribution in [2.24, 2.45) is 4.99 Å². The zero-order valence-corrected chi connectivity index (χ0v) is 21.5. The number of morpholine rings is 1. The maximum absolute atomic E-state index is 5.82. The largest absolute Gasteiger partial charge is 0.372 e. The first-order valence-electron chi connectivity index (χ1n) is 10.4. The van der Waals surface area contributed by atoms with Crippen molar-refractivity contribution in [2.75, 3.05) is 38.1 Å². The van der Waals surface area contributed by atoms with Crippen molar-refractivity contribution in [3.8, 4) is 0 Å².